The van der Waals surface area contributed by atoms with Crippen LogP contribution in [0.5, 0.6) is 0 Å². The summed E-state index contributed by atoms with van der Waals surface area (Å²) in [5.41, 5.74) is 3.19. The largest absolute Gasteiger partial charge is 0.481 e. The number of nitrogens with zero attached hydrogens (tertiary/aromatic N) is 1. The van der Waals surface area contributed by atoms with E-state index in [-0.39, 0.29) is 47.9 Å². The van der Waals surface area contributed by atoms with Gasteiger partial charge in [0.15, 0.2) is 5.69 Å². The predicted molar refractivity (Wildman–Crippen MR) is 125 cm³/mol. The summed E-state index contributed by atoms with van der Waals surface area (Å²) in [6, 6.07) is 14.1. The molecule has 0 unspecified atom stereocenters. The second-order valence-electron chi connectivity index (χ2n) is 9.14. The van der Waals surface area contributed by atoms with Crippen LogP contribution < -0.4 is 5.32 Å². The number of aliphatic carboxylic acids is 1. The molecule has 3 aromatic rings. The third-order valence-electron chi connectivity index (χ3n) is 6.95. The summed E-state index contributed by atoms with van der Waals surface area (Å²) in [4.78, 5) is 28.3. The molecule has 7 nitrogen and oxygen atoms in total. The number of halogens is 1. The van der Waals surface area contributed by atoms with Crippen LogP contribution in [0.4, 0.5) is 4.39 Å². The van der Waals surface area contributed by atoms with Gasteiger partial charge in [-0.2, -0.15) is 0 Å². The Balaban J connectivity index is 1.30. The van der Waals surface area contributed by atoms with Crippen LogP contribution in [0.15, 0.2) is 59.2 Å². The number of hydrogen-bond acceptors (Lipinski definition) is 5. The van der Waals surface area contributed by atoms with Gasteiger partial charge in [0.2, 0.25) is 5.89 Å². The van der Waals surface area contributed by atoms with E-state index in [4.69, 9.17) is 14.3 Å². The van der Waals surface area contributed by atoms with Gasteiger partial charge in [0.25, 0.3) is 5.91 Å². The van der Waals surface area contributed by atoms with E-state index in [0.717, 1.165) is 29.5 Å². The number of nitrogens with one attached hydrogen (secondary N) is 1. The number of carboxylic acids is 1. The van der Waals surface area contributed by atoms with Crippen LogP contribution in [-0.4, -0.2) is 40.7 Å². The molecule has 4 atom stereocenters. The summed E-state index contributed by atoms with van der Waals surface area (Å²) >= 11 is 0. The first-order valence-electron chi connectivity index (χ1n) is 11.9. The zero-order valence-electron chi connectivity index (χ0n) is 19.2. The van der Waals surface area contributed by atoms with Crippen LogP contribution in [0.2, 0.25) is 0 Å². The maximum absolute atomic E-state index is 13.1. The summed E-state index contributed by atoms with van der Waals surface area (Å²) in [7, 11) is 0. The fourth-order valence-electron chi connectivity index (χ4n) is 5.32. The quantitative estimate of drug-likeness (QED) is 0.477. The average molecular weight is 479 g/mol. The van der Waals surface area contributed by atoms with E-state index < -0.39 is 5.97 Å². The van der Waals surface area contributed by atoms with E-state index in [1.807, 2.05) is 24.3 Å². The smallest absolute Gasteiger partial charge is 0.303 e. The van der Waals surface area contributed by atoms with Crippen molar-refractivity contribution in [2.45, 2.75) is 56.1 Å². The molecule has 2 N–H and O–H groups in total. The Morgan fingerprint density at radius 1 is 1.03 bits per heavy atom. The fourth-order valence-corrected chi connectivity index (χ4v) is 5.32. The molecule has 0 aliphatic carbocycles. The minimum atomic E-state index is -0.830. The molecule has 0 saturated carbocycles. The highest BCUT2D eigenvalue weighted by Gasteiger charge is 2.52. The van der Waals surface area contributed by atoms with Gasteiger partial charge in [-0.15, -0.1) is 0 Å². The third kappa shape index (κ3) is 4.98. The van der Waals surface area contributed by atoms with Crippen LogP contribution in [-0.2, 0) is 22.4 Å². The predicted octanol–water partition coefficient (Wildman–Crippen LogP) is 4.23. The van der Waals surface area contributed by atoms with Crippen molar-refractivity contribution in [3.05, 3.63) is 88.9 Å². The molecule has 0 spiro atoms. The SMILES string of the molecule is O=C(O)CCc1ccccc1[C@@H]1[C@H](c2nc(C(=O)NCCc3ccc(F)cc3)co2)[C@H]2CC[C@@H]1O2. The van der Waals surface area contributed by atoms with Gasteiger partial charge < -0.3 is 19.6 Å². The number of hydrogen-bond donors (Lipinski definition) is 2. The van der Waals surface area contributed by atoms with Crippen LogP contribution in [0, 0.1) is 5.82 Å². The van der Waals surface area contributed by atoms with Gasteiger partial charge in [-0.25, -0.2) is 9.37 Å². The molecule has 8 heteroatoms. The maximum Gasteiger partial charge on any atom is 0.303 e. The van der Waals surface area contributed by atoms with E-state index in [0.29, 0.717) is 25.3 Å². The van der Waals surface area contributed by atoms with E-state index in [1.54, 1.807) is 12.1 Å². The number of carbonyl (C=O) groups excluding carboxylic acids is 1. The molecule has 2 saturated heterocycles. The summed E-state index contributed by atoms with van der Waals surface area (Å²) in [6.45, 7) is 0.392. The first-order chi connectivity index (χ1) is 17.0. The Labute approximate surface area is 202 Å². The molecular weight excluding hydrogens is 451 g/mol. The van der Waals surface area contributed by atoms with Crippen molar-refractivity contribution in [1.82, 2.24) is 10.3 Å². The van der Waals surface area contributed by atoms with Gasteiger partial charge in [-0.05, 0) is 54.5 Å². The number of amides is 1. The molecule has 2 aliphatic rings. The molecule has 1 amide bonds. The zero-order chi connectivity index (χ0) is 24.4. The van der Waals surface area contributed by atoms with Crippen molar-refractivity contribution in [2.24, 2.45) is 0 Å². The van der Waals surface area contributed by atoms with Crippen molar-refractivity contribution >= 4 is 11.9 Å². The standard InChI is InChI=1S/C27H27FN2O5/c28-18-8-5-16(6-9-18)13-14-29-26(33)20-15-34-27(30-20)25-22-11-10-21(35-22)24(25)19-4-2-1-3-17(19)7-12-23(31)32/h1-6,8-9,15,21-22,24-25H,7,10-14H2,(H,29,33)(H,31,32)/t21-,22+,24-,25+/m0/s1. The molecule has 3 heterocycles. The lowest BCUT2D eigenvalue weighted by atomic mass is 9.73. The van der Waals surface area contributed by atoms with Gasteiger partial charge in [0.05, 0.1) is 18.1 Å². The monoisotopic (exact) mass is 478 g/mol. The number of carbonyl (C=O) groups is 2. The fraction of sp³-hybridized carbons (Fsp3) is 0.370. The summed E-state index contributed by atoms with van der Waals surface area (Å²) in [5, 5.41) is 12.0. The molecule has 1 aromatic heterocycles. The van der Waals surface area contributed by atoms with E-state index >= 15 is 0 Å². The van der Waals surface area contributed by atoms with Crippen LogP contribution in [0.25, 0.3) is 0 Å². The number of carboxylic acid groups (broad SMARTS) is 1. The number of aryl methyl sites for hydroxylation is 1. The molecule has 2 fully saturated rings. The van der Waals surface area contributed by atoms with E-state index in [9.17, 15) is 14.0 Å². The summed E-state index contributed by atoms with van der Waals surface area (Å²) in [6.07, 6.45) is 4.24. The summed E-state index contributed by atoms with van der Waals surface area (Å²) in [5.74, 6) is -1.13. The van der Waals surface area contributed by atoms with Crippen LogP contribution in [0.3, 0.4) is 0 Å². The van der Waals surface area contributed by atoms with Crippen molar-refractivity contribution in [1.29, 1.82) is 0 Å². The van der Waals surface area contributed by atoms with Crippen molar-refractivity contribution < 1.29 is 28.2 Å². The number of aromatic nitrogens is 1. The Kier molecular flexibility index (Phi) is 6.63. The molecular formula is C27H27FN2O5. The molecule has 2 bridgehead atoms. The third-order valence-corrected chi connectivity index (χ3v) is 6.95. The van der Waals surface area contributed by atoms with Crippen LogP contribution in [0.1, 0.15) is 64.2 Å². The number of ether oxygens (including phenoxy) is 1. The number of benzene rings is 2. The Bertz CT molecular complexity index is 1210. The van der Waals surface area contributed by atoms with Crippen molar-refractivity contribution in [3.63, 3.8) is 0 Å². The minimum Gasteiger partial charge on any atom is -0.481 e. The lowest BCUT2D eigenvalue weighted by Gasteiger charge is -2.28. The lowest BCUT2D eigenvalue weighted by molar-refractivity contribution is -0.136. The highest BCUT2D eigenvalue weighted by molar-refractivity contribution is 5.91. The van der Waals surface area contributed by atoms with Gasteiger partial charge in [-0.1, -0.05) is 36.4 Å². The highest BCUT2D eigenvalue weighted by atomic mass is 19.1. The number of rotatable bonds is 9. The van der Waals surface area contributed by atoms with Crippen molar-refractivity contribution in [2.75, 3.05) is 6.54 Å². The summed E-state index contributed by atoms with van der Waals surface area (Å²) < 4.78 is 25.1. The van der Waals surface area contributed by atoms with Crippen molar-refractivity contribution in [3.8, 4) is 0 Å². The molecule has 35 heavy (non-hydrogen) atoms. The molecule has 182 valence electrons. The van der Waals surface area contributed by atoms with Gasteiger partial charge in [0, 0.05) is 18.9 Å². The lowest BCUT2D eigenvalue weighted by Crippen LogP contribution is -2.27. The molecule has 0 radical (unpaired) electrons. The normalized spacial score (nSPS) is 22.9. The minimum absolute atomic E-state index is 0.00761. The van der Waals surface area contributed by atoms with Gasteiger partial charge in [0.1, 0.15) is 12.1 Å². The highest BCUT2D eigenvalue weighted by Crippen LogP contribution is 2.54. The number of oxazole rings is 1. The second kappa shape index (κ2) is 10.00. The maximum atomic E-state index is 13.1. The van der Waals surface area contributed by atoms with E-state index in [1.165, 1.54) is 18.4 Å². The van der Waals surface area contributed by atoms with Gasteiger partial charge >= 0.3 is 5.97 Å². The average Bonchev–Trinajstić information content (AvgIpc) is 3.60. The Hall–Kier alpha value is -3.52. The molecule has 5 rings (SSSR count). The van der Waals surface area contributed by atoms with Gasteiger partial charge in [-0.3, -0.25) is 9.59 Å². The molecule has 2 aliphatic heterocycles. The van der Waals surface area contributed by atoms with Crippen LogP contribution >= 0.6 is 0 Å². The Morgan fingerprint density at radius 3 is 2.54 bits per heavy atom. The molecule has 2 aromatic carbocycles. The first-order valence-corrected chi connectivity index (χ1v) is 11.9. The number of fused-ring (bicyclic) bond motifs is 2. The Morgan fingerprint density at radius 2 is 1.77 bits per heavy atom. The zero-order valence-corrected chi connectivity index (χ0v) is 19.2. The van der Waals surface area contributed by atoms with E-state index in [2.05, 4.69) is 10.3 Å². The topological polar surface area (TPSA) is 102 Å². The second-order valence-corrected chi connectivity index (χ2v) is 9.14. The first kappa shape index (κ1) is 23.2.